The third-order valence-electron chi connectivity index (χ3n) is 4.98. The van der Waals surface area contributed by atoms with Gasteiger partial charge in [-0.25, -0.2) is 9.78 Å². The van der Waals surface area contributed by atoms with Gasteiger partial charge in [0, 0.05) is 17.5 Å². The lowest BCUT2D eigenvalue weighted by molar-refractivity contribution is 0.0988. The predicted octanol–water partition coefficient (Wildman–Crippen LogP) is 3.13. The lowest BCUT2D eigenvalue weighted by Gasteiger charge is -2.19. The number of nitrogens with two attached hydrogens (primary N) is 1. The molecule has 1 amide bonds. The Kier molecular flexibility index (Phi) is 6.80. The number of ether oxygens (including phenoxy) is 1. The molecule has 0 saturated carbocycles. The van der Waals surface area contributed by atoms with Crippen LogP contribution in [0.2, 0.25) is 5.02 Å². The summed E-state index contributed by atoms with van der Waals surface area (Å²) < 4.78 is 6.87. The minimum atomic E-state index is -0.760. The maximum absolute atomic E-state index is 13.0. The summed E-state index contributed by atoms with van der Waals surface area (Å²) in [7, 11) is 1.41. The van der Waals surface area contributed by atoms with E-state index in [0.717, 1.165) is 10.5 Å². The van der Waals surface area contributed by atoms with Crippen LogP contribution in [-0.2, 0) is 13.2 Å². The molecule has 0 aliphatic carbocycles. The van der Waals surface area contributed by atoms with Gasteiger partial charge in [0.1, 0.15) is 28.9 Å². The molecule has 0 aliphatic rings. The van der Waals surface area contributed by atoms with Crippen molar-refractivity contribution in [3.8, 4) is 5.75 Å². The first-order valence-electron chi connectivity index (χ1n) is 10.1. The molecule has 0 aliphatic heterocycles. The maximum Gasteiger partial charge on any atom is 0.330 e. The van der Waals surface area contributed by atoms with Crippen LogP contribution in [-0.4, -0.2) is 27.5 Å². The normalized spacial score (nSPS) is 10.8. The van der Waals surface area contributed by atoms with Crippen molar-refractivity contribution in [1.29, 1.82) is 0 Å². The molecule has 9 nitrogen and oxygen atoms in total. The summed E-state index contributed by atoms with van der Waals surface area (Å²) in [4.78, 5) is 45.6. The molecule has 4 aromatic rings. The van der Waals surface area contributed by atoms with Gasteiger partial charge in [0.15, 0.2) is 5.69 Å². The van der Waals surface area contributed by atoms with Gasteiger partial charge < -0.3 is 15.4 Å². The van der Waals surface area contributed by atoms with E-state index in [4.69, 9.17) is 22.1 Å². The summed E-state index contributed by atoms with van der Waals surface area (Å²) in [5, 5.41) is 2.74. The van der Waals surface area contributed by atoms with Crippen molar-refractivity contribution in [2.45, 2.75) is 13.2 Å². The topological polar surface area (TPSA) is 123 Å². The second-order valence-corrected chi connectivity index (χ2v) is 8.68. The molecule has 2 aromatic carbocycles. The van der Waals surface area contributed by atoms with Crippen molar-refractivity contribution >= 4 is 40.4 Å². The first kappa shape index (κ1) is 23.3. The number of nitrogens with one attached hydrogen (secondary N) is 1. The molecule has 0 radical (unpaired) electrons. The number of benzene rings is 2. The molecule has 11 heteroatoms. The number of aromatic nitrogens is 3. The van der Waals surface area contributed by atoms with Crippen LogP contribution >= 0.6 is 22.9 Å². The van der Waals surface area contributed by atoms with Gasteiger partial charge in [-0.1, -0.05) is 41.9 Å². The van der Waals surface area contributed by atoms with E-state index in [0.29, 0.717) is 15.8 Å². The van der Waals surface area contributed by atoms with Crippen molar-refractivity contribution in [3.05, 3.63) is 102 Å². The van der Waals surface area contributed by atoms with E-state index in [1.54, 1.807) is 29.6 Å². The Morgan fingerprint density at radius 1 is 1.18 bits per heavy atom. The van der Waals surface area contributed by atoms with Crippen molar-refractivity contribution in [3.63, 3.8) is 0 Å². The summed E-state index contributed by atoms with van der Waals surface area (Å²) in [6.07, 6.45) is 0. The van der Waals surface area contributed by atoms with Crippen LogP contribution in [0.15, 0.2) is 69.6 Å². The Morgan fingerprint density at radius 3 is 2.59 bits per heavy atom. The van der Waals surface area contributed by atoms with E-state index in [2.05, 4.69) is 9.97 Å². The number of carbonyl (C=O) groups is 1. The van der Waals surface area contributed by atoms with Crippen LogP contribution < -0.4 is 26.6 Å². The van der Waals surface area contributed by atoms with Crippen LogP contribution in [0.1, 0.15) is 21.1 Å². The average molecular weight is 498 g/mol. The Hall–Kier alpha value is -3.89. The minimum absolute atomic E-state index is 0.116. The molecule has 0 atom stereocenters. The molecule has 0 bridgehead atoms. The van der Waals surface area contributed by atoms with E-state index in [1.165, 1.54) is 23.0 Å². The van der Waals surface area contributed by atoms with Crippen LogP contribution in [0.4, 0.5) is 11.5 Å². The van der Waals surface area contributed by atoms with Gasteiger partial charge in [0.05, 0.1) is 6.54 Å². The quantitative estimate of drug-likeness (QED) is 0.404. The van der Waals surface area contributed by atoms with Gasteiger partial charge in [-0.3, -0.25) is 19.1 Å². The maximum atomic E-state index is 13.0. The van der Waals surface area contributed by atoms with E-state index < -0.39 is 17.2 Å². The molecule has 0 fully saturated rings. The highest BCUT2D eigenvalue weighted by Crippen LogP contribution is 2.21. The number of nitrogens with zero attached hydrogens (tertiary/aromatic N) is 3. The standard InChI is InChI=1S/C23H20ClN5O4S/c1-28(19-20(25)29(23(32)27-21(19)30)11-14-5-3-2-4-6-14)22(31)17-13-34-18(26-17)12-33-16-9-7-15(24)8-10-16/h2-10,13H,11-12,25H2,1H3,(H,27,30,32). The van der Waals surface area contributed by atoms with Gasteiger partial charge in [-0.05, 0) is 29.8 Å². The Balaban J connectivity index is 1.54. The lowest BCUT2D eigenvalue weighted by atomic mass is 10.2. The third-order valence-corrected chi connectivity index (χ3v) is 6.06. The molecular formula is C23H20ClN5O4S. The molecule has 174 valence electrons. The van der Waals surface area contributed by atoms with Gasteiger partial charge in [0.25, 0.3) is 11.5 Å². The van der Waals surface area contributed by atoms with E-state index in [9.17, 15) is 14.4 Å². The van der Waals surface area contributed by atoms with Crippen LogP contribution in [0.5, 0.6) is 5.75 Å². The van der Waals surface area contributed by atoms with Gasteiger partial charge >= 0.3 is 5.69 Å². The van der Waals surface area contributed by atoms with Crippen LogP contribution in [0.3, 0.4) is 0 Å². The Bertz CT molecular complexity index is 1430. The number of carbonyl (C=O) groups excluding carboxylic acids is 1. The zero-order chi connectivity index (χ0) is 24.2. The first-order valence-corrected chi connectivity index (χ1v) is 11.4. The van der Waals surface area contributed by atoms with E-state index in [-0.39, 0.29) is 30.4 Å². The summed E-state index contributed by atoms with van der Waals surface area (Å²) in [5.74, 6) is -0.0457. The number of anilines is 2. The highest BCUT2D eigenvalue weighted by molar-refractivity contribution is 7.09. The SMILES string of the molecule is CN(C(=O)c1csc(COc2ccc(Cl)cc2)n1)c1c(N)n(Cc2ccccc2)c(=O)[nH]c1=O. The fourth-order valence-corrected chi connectivity index (χ4v) is 4.05. The molecule has 4 rings (SSSR count). The minimum Gasteiger partial charge on any atom is -0.486 e. The smallest absolute Gasteiger partial charge is 0.330 e. The highest BCUT2D eigenvalue weighted by atomic mass is 35.5. The average Bonchev–Trinajstić information content (AvgIpc) is 3.30. The van der Waals surface area contributed by atoms with E-state index >= 15 is 0 Å². The second-order valence-electron chi connectivity index (χ2n) is 7.30. The Morgan fingerprint density at radius 2 is 1.88 bits per heavy atom. The number of thiazole rings is 1. The summed E-state index contributed by atoms with van der Waals surface area (Å²) in [6.45, 7) is 0.300. The molecule has 34 heavy (non-hydrogen) atoms. The van der Waals surface area contributed by atoms with Gasteiger partial charge in [0.2, 0.25) is 0 Å². The molecule has 2 aromatic heterocycles. The number of hydrogen-bond donors (Lipinski definition) is 2. The summed E-state index contributed by atoms with van der Waals surface area (Å²) in [5.41, 5.74) is 5.57. The zero-order valence-electron chi connectivity index (χ0n) is 18.0. The van der Waals surface area contributed by atoms with Crippen molar-refractivity contribution in [2.24, 2.45) is 0 Å². The summed E-state index contributed by atoms with van der Waals surface area (Å²) in [6, 6.07) is 16.0. The van der Waals surface area contributed by atoms with Crippen molar-refractivity contribution < 1.29 is 9.53 Å². The Labute approximate surface area is 203 Å². The number of hydrogen-bond acceptors (Lipinski definition) is 7. The van der Waals surface area contributed by atoms with Crippen molar-refractivity contribution in [1.82, 2.24) is 14.5 Å². The van der Waals surface area contributed by atoms with E-state index in [1.807, 2.05) is 30.3 Å². The molecule has 0 unspecified atom stereocenters. The number of rotatable bonds is 7. The second kappa shape index (κ2) is 9.94. The van der Waals surface area contributed by atoms with Crippen molar-refractivity contribution in [2.75, 3.05) is 17.7 Å². The zero-order valence-corrected chi connectivity index (χ0v) is 19.6. The monoisotopic (exact) mass is 497 g/mol. The molecule has 3 N–H and O–H groups in total. The first-order chi connectivity index (χ1) is 16.3. The number of amides is 1. The third kappa shape index (κ3) is 5.03. The summed E-state index contributed by atoms with van der Waals surface area (Å²) >= 11 is 7.11. The fourth-order valence-electron chi connectivity index (χ4n) is 3.25. The van der Waals surface area contributed by atoms with Gasteiger partial charge in [-0.15, -0.1) is 11.3 Å². The number of halogens is 1. The number of H-pyrrole nitrogens is 1. The molecule has 0 spiro atoms. The molecule has 2 heterocycles. The van der Waals surface area contributed by atoms with Gasteiger partial charge in [-0.2, -0.15) is 0 Å². The predicted molar refractivity (Wildman–Crippen MR) is 132 cm³/mol. The number of nitrogen functional groups attached to an aromatic ring is 1. The fraction of sp³-hybridized carbons (Fsp3) is 0.130. The van der Waals surface area contributed by atoms with Crippen LogP contribution in [0.25, 0.3) is 0 Å². The molecular weight excluding hydrogens is 478 g/mol. The molecule has 0 saturated heterocycles. The number of aromatic amines is 1. The highest BCUT2D eigenvalue weighted by Gasteiger charge is 2.24. The lowest BCUT2D eigenvalue weighted by Crippen LogP contribution is -2.39. The largest absolute Gasteiger partial charge is 0.486 e. The van der Waals surface area contributed by atoms with Crippen LogP contribution in [0, 0.1) is 0 Å².